The minimum atomic E-state index is -0.889. The van der Waals surface area contributed by atoms with Gasteiger partial charge in [0.25, 0.3) is 0 Å². The van der Waals surface area contributed by atoms with E-state index in [1.165, 1.54) is 0 Å². The zero-order valence-corrected chi connectivity index (χ0v) is 7.84. The molecule has 4 nitrogen and oxygen atoms in total. The van der Waals surface area contributed by atoms with Crippen LogP contribution in [0.4, 0.5) is 0 Å². The van der Waals surface area contributed by atoms with E-state index in [1.54, 1.807) is 12.3 Å². The third-order valence-electron chi connectivity index (χ3n) is 1.49. The molecule has 0 saturated heterocycles. The molecule has 1 aromatic heterocycles. The van der Waals surface area contributed by atoms with Crippen LogP contribution in [0.1, 0.15) is 18.0 Å². The summed E-state index contributed by atoms with van der Waals surface area (Å²) in [6.45, 7) is 0. The summed E-state index contributed by atoms with van der Waals surface area (Å²) in [6, 6.07) is 1.33. The molecule has 0 unspecified atom stereocenters. The second-order valence-electron chi connectivity index (χ2n) is 2.49. The number of carbonyl (C=O) groups is 1. The predicted octanol–water partition coefficient (Wildman–Crippen LogP) is 1.25. The normalized spacial score (nSPS) is 12.8. The number of halogens is 1. The van der Waals surface area contributed by atoms with E-state index < -0.39 is 12.0 Å². The van der Waals surface area contributed by atoms with Crippen LogP contribution in [0, 0.1) is 0 Å². The highest BCUT2D eigenvalue weighted by Gasteiger charge is 2.11. The SMILES string of the molecule is N[C@@H](CC(=O)O)c1c[nH]c(Br)c1. The van der Waals surface area contributed by atoms with Crippen molar-refractivity contribution in [3.05, 3.63) is 22.4 Å². The van der Waals surface area contributed by atoms with Gasteiger partial charge in [0.05, 0.1) is 11.0 Å². The van der Waals surface area contributed by atoms with E-state index >= 15 is 0 Å². The van der Waals surface area contributed by atoms with Crippen LogP contribution in [-0.2, 0) is 4.79 Å². The molecule has 1 aromatic rings. The number of hydrogen-bond donors (Lipinski definition) is 3. The van der Waals surface area contributed by atoms with E-state index in [0.29, 0.717) is 0 Å². The quantitative estimate of drug-likeness (QED) is 0.735. The summed E-state index contributed by atoms with van der Waals surface area (Å²) in [7, 11) is 0. The van der Waals surface area contributed by atoms with E-state index in [2.05, 4.69) is 20.9 Å². The minimum absolute atomic E-state index is 0.0513. The maximum Gasteiger partial charge on any atom is 0.305 e. The van der Waals surface area contributed by atoms with Crippen LogP contribution < -0.4 is 5.73 Å². The van der Waals surface area contributed by atoms with Crippen molar-refractivity contribution in [3.8, 4) is 0 Å². The number of aromatic nitrogens is 1. The molecule has 0 saturated carbocycles. The number of H-pyrrole nitrogens is 1. The van der Waals surface area contributed by atoms with Gasteiger partial charge in [-0.3, -0.25) is 4.79 Å². The lowest BCUT2D eigenvalue weighted by Crippen LogP contribution is -2.14. The van der Waals surface area contributed by atoms with Crippen molar-refractivity contribution in [2.45, 2.75) is 12.5 Å². The molecule has 0 bridgehead atoms. The van der Waals surface area contributed by atoms with Gasteiger partial charge in [-0.25, -0.2) is 0 Å². The molecule has 0 fully saturated rings. The monoisotopic (exact) mass is 232 g/mol. The number of carboxylic acid groups (broad SMARTS) is 1. The number of aliphatic carboxylic acids is 1. The Hall–Kier alpha value is -0.810. The first-order chi connectivity index (χ1) is 5.59. The van der Waals surface area contributed by atoms with Crippen molar-refractivity contribution < 1.29 is 9.90 Å². The van der Waals surface area contributed by atoms with Gasteiger partial charge >= 0.3 is 5.97 Å². The van der Waals surface area contributed by atoms with Gasteiger partial charge in [-0.2, -0.15) is 0 Å². The van der Waals surface area contributed by atoms with Crippen LogP contribution >= 0.6 is 15.9 Å². The zero-order valence-electron chi connectivity index (χ0n) is 6.25. The van der Waals surface area contributed by atoms with E-state index in [-0.39, 0.29) is 6.42 Å². The van der Waals surface area contributed by atoms with Crippen molar-refractivity contribution in [2.24, 2.45) is 5.73 Å². The molecule has 5 heteroatoms. The van der Waals surface area contributed by atoms with E-state index in [1.807, 2.05) is 0 Å². The predicted molar refractivity (Wildman–Crippen MR) is 47.7 cm³/mol. The first kappa shape index (κ1) is 9.28. The van der Waals surface area contributed by atoms with E-state index in [9.17, 15) is 4.79 Å². The van der Waals surface area contributed by atoms with Gasteiger partial charge in [-0.15, -0.1) is 0 Å². The first-order valence-electron chi connectivity index (χ1n) is 3.41. The van der Waals surface area contributed by atoms with Gasteiger partial charge in [0.15, 0.2) is 0 Å². The number of rotatable bonds is 3. The van der Waals surface area contributed by atoms with Crippen LogP contribution in [0.5, 0.6) is 0 Å². The van der Waals surface area contributed by atoms with E-state index in [0.717, 1.165) is 10.2 Å². The summed E-state index contributed by atoms with van der Waals surface area (Å²) in [6.07, 6.45) is 1.64. The summed E-state index contributed by atoms with van der Waals surface area (Å²) in [5.41, 5.74) is 6.38. The molecule has 0 spiro atoms. The third kappa shape index (κ3) is 2.35. The van der Waals surface area contributed by atoms with Gasteiger partial charge in [0.1, 0.15) is 0 Å². The first-order valence-corrected chi connectivity index (χ1v) is 4.20. The molecule has 0 aliphatic heterocycles. The van der Waals surface area contributed by atoms with Crippen molar-refractivity contribution in [3.63, 3.8) is 0 Å². The Labute approximate surface area is 77.9 Å². The Bertz CT molecular complexity index is 285. The summed E-state index contributed by atoms with van der Waals surface area (Å²) >= 11 is 3.21. The highest BCUT2D eigenvalue weighted by atomic mass is 79.9. The lowest BCUT2D eigenvalue weighted by molar-refractivity contribution is -0.137. The van der Waals surface area contributed by atoms with Gasteiger partial charge in [-0.1, -0.05) is 0 Å². The molecule has 1 heterocycles. The maximum absolute atomic E-state index is 10.3. The van der Waals surface area contributed by atoms with Gasteiger partial charge in [0, 0.05) is 12.2 Å². The van der Waals surface area contributed by atoms with E-state index in [4.69, 9.17) is 10.8 Å². The highest BCUT2D eigenvalue weighted by molar-refractivity contribution is 9.10. The molecule has 0 amide bonds. The van der Waals surface area contributed by atoms with Crippen molar-refractivity contribution in [1.29, 1.82) is 0 Å². The van der Waals surface area contributed by atoms with Crippen LogP contribution in [0.15, 0.2) is 16.9 Å². The van der Waals surface area contributed by atoms with Crippen LogP contribution in [0.25, 0.3) is 0 Å². The molecule has 0 aromatic carbocycles. The number of nitrogens with one attached hydrogen (secondary N) is 1. The standard InChI is InChI=1S/C7H9BrN2O2/c8-6-1-4(3-10-6)5(9)2-7(11)12/h1,3,5,10H,2,9H2,(H,11,12)/t5-/m0/s1. The Morgan fingerprint density at radius 1 is 1.83 bits per heavy atom. The topological polar surface area (TPSA) is 79.1 Å². The second kappa shape index (κ2) is 3.73. The Morgan fingerprint density at radius 3 is 2.92 bits per heavy atom. The third-order valence-corrected chi connectivity index (χ3v) is 1.95. The summed E-state index contributed by atoms with van der Waals surface area (Å²) in [5, 5.41) is 8.45. The number of nitrogens with two attached hydrogens (primary N) is 1. The van der Waals surface area contributed by atoms with Gasteiger partial charge < -0.3 is 15.8 Å². The van der Waals surface area contributed by atoms with Gasteiger partial charge in [-0.05, 0) is 27.6 Å². The smallest absolute Gasteiger partial charge is 0.305 e. The summed E-state index contributed by atoms with van der Waals surface area (Å²) < 4.78 is 0.804. The van der Waals surface area contributed by atoms with Crippen LogP contribution in [0.2, 0.25) is 0 Å². The largest absolute Gasteiger partial charge is 0.481 e. The molecule has 1 atom stereocenters. The molecule has 0 aliphatic rings. The second-order valence-corrected chi connectivity index (χ2v) is 3.34. The van der Waals surface area contributed by atoms with Gasteiger partial charge in [0.2, 0.25) is 0 Å². The zero-order chi connectivity index (χ0) is 9.14. The molecule has 0 aliphatic carbocycles. The molecule has 1 rings (SSSR count). The maximum atomic E-state index is 10.3. The highest BCUT2D eigenvalue weighted by Crippen LogP contribution is 2.17. The average molecular weight is 233 g/mol. The van der Waals surface area contributed by atoms with Crippen LogP contribution in [-0.4, -0.2) is 16.1 Å². The molecular weight excluding hydrogens is 224 g/mol. The van der Waals surface area contributed by atoms with Crippen LogP contribution in [0.3, 0.4) is 0 Å². The molecule has 0 radical (unpaired) electrons. The molecular formula is C7H9BrN2O2. The Morgan fingerprint density at radius 2 is 2.50 bits per heavy atom. The van der Waals surface area contributed by atoms with Crippen molar-refractivity contribution in [2.75, 3.05) is 0 Å². The van der Waals surface area contributed by atoms with Crippen molar-refractivity contribution in [1.82, 2.24) is 4.98 Å². The van der Waals surface area contributed by atoms with Crippen molar-refractivity contribution >= 4 is 21.9 Å². The fourth-order valence-electron chi connectivity index (χ4n) is 0.902. The molecule has 4 N–H and O–H groups in total. The fourth-order valence-corrected chi connectivity index (χ4v) is 1.28. The molecule has 66 valence electrons. The summed E-state index contributed by atoms with van der Waals surface area (Å²) in [4.78, 5) is 13.2. The molecule has 12 heavy (non-hydrogen) atoms. The number of carboxylic acids is 1. The minimum Gasteiger partial charge on any atom is -0.481 e. The summed E-state index contributed by atoms with van der Waals surface area (Å²) in [5.74, 6) is -0.889. The Balaban J connectivity index is 2.64. The number of aromatic amines is 1. The lowest BCUT2D eigenvalue weighted by Gasteiger charge is -2.04. The fraction of sp³-hybridized carbons (Fsp3) is 0.286. The Kier molecular flexibility index (Phi) is 2.88. The average Bonchev–Trinajstić information content (AvgIpc) is 2.34. The lowest BCUT2D eigenvalue weighted by atomic mass is 10.1. The number of hydrogen-bond acceptors (Lipinski definition) is 2.